The fourth-order valence-corrected chi connectivity index (χ4v) is 3.82. The molecular weight excluding hydrogens is 271 g/mol. The van der Waals surface area contributed by atoms with Gasteiger partial charge < -0.3 is 9.42 Å². The van der Waals surface area contributed by atoms with E-state index in [9.17, 15) is 9.46 Å². The first-order valence-electron chi connectivity index (χ1n) is 6.71. The molecule has 4 heteroatoms. The Morgan fingerprint density at radius 1 is 1.05 bits per heavy atom. The van der Waals surface area contributed by atoms with E-state index in [4.69, 9.17) is 4.52 Å². The van der Waals surface area contributed by atoms with Gasteiger partial charge in [-0.2, -0.15) is 0 Å². The lowest BCUT2D eigenvalue weighted by molar-refractivity contribution is 0.326. The smallest absolute Gasteiger partial charge is 0.321 e. The van der Waals surface area contributed by atoms with E-state index in [2.05, 4.69) is 6.92 Å². The van der Waals surface area contributed by atoms with Crippen molar-refractivity contribution in [3.8, 4) is 0 Å². The predicted octanol–water partition coefficient (Wildman–Crippen LogP) is 3.92. The summed E-state index contributed by atoms with van der Waals surface area (Å²) >= 11 is 0. The van der Waals surface area contributed by atoms with E-state index in [-0.39, 0.29) is 10.8 Å². The molecule has 0 heterocycles. The van der Waals surface area contributed by atoms with Crippen LogP contribution in [0.5, 0.6) is 0 Å². The molecule has 0 saturated heterocycles. The zero-order valence-corrected chi connectivity index (χ0v) is 14.5. The van der Waals surface area contributed by atoms with Crippen molar-refractivity contribution < 1.29 is 14.0 Å². The van der Waals surface area contributed by atoms with Gasteiger partial charge in [0.05, 0.1) is 5.30 Å². The van der Waals surface area contributed by atoms with Crippen molar-refractivity contribution in [3.63, 3.8) is 0 Å². The molecule has 1 aromatic rings. The van der Waals surface area contributed by atoms with Crippen LogP contribution in [0.3, 0.4) is 0 Å². The standard InChI is InChI=1S/C16H26O3P/c1-11-9-12(15(2,3)4)14(20(17,18)19-8)13(10-11)16(5,6)7/h9-10H,1H2,2-8H3,(H,17,18). The third-order valence-electron chi connectivity index (χ3n) is 3.32. The summed E-state index contributed by atoms with van der Waals surface area (Å²) in [6, 6.07) is 3.76. The molecule has 1 atom stereocenters. The summed E-state index contributed by atoms with van der Waals surface area (Å²) in [5.74, 6) is 0. The normalized spacial score (nSPS) is 16.1. The summed E-state index contributed by atoms with van der Waals surface area (Å²) in [5.41, 5.74) is 1.96. The summed E-state index contributed by atoms with van der Waals surface area (Å²) in [6.45, 7) is 16.1. The minimum Gasteiger partial charge on any atom is -0.321 e. The van der Waals surface area contributed by atoms with E-state index >= 15 is 0 Å². The second-order valence-electron chi connectivity index (χ2n) is 7.24. The highest BCUT2D eigenvalue weighted by Crippen LogP contribution is 2.46. The van der Waals surface area contributed by atoms with E-state index in [0.29, 0.717) is 5.30 Å². The highest BCUT2D eigenvalue weighted by Gasteiger charge is 2.36. The Bertz CT molecular complexity index is 513. The highest BCUT2D eigenvalue weighted by atomic mass is 31.2. The van der Waals surface area contributed by atoms with Crippen LogP contribution in [0.1, 0.15) is 58.2 Å². The molecule has 3 nitrogen and oxygen atoms in total. The first kappa shape index (κ1) is 17.4. The van der Waals surface area contributed by atoms with Crippen LogP contribution in [0, 0.1) is 6.92 Å². The first-order valence-corrected chi connectivity index (χ1v) is 8.28. The van der Waals surface area contributed by atoms with Gasteiger partial charge in [-0.05, 0) is 34.4 Å². The highest BCUT2D eigenvalue weighted by molar-refractivity contribution is 7.61. The number of benzene rings is 1. The average molecular weight is 297 g/mol. The monoisotopic (exact) mass is 297 g/mol. The summed E-state index contributed by atoms with van der Waals surface area (Å²) in [6.07, 6.45) is 0. The summed E-state index contributed by atoms with van der Waals surface area (Å²) in [4.78, 5) is 10.3. The van der Waals surface area contributed by atoms with Gasteiger partial charge in [0.1, 0.15) is 0 Å². The molecule has 0 amide bonds. The van der Waals surface area contributed by atoms with Crippen LogP contribution in [0.4, 0.5) is 0 Å². The topological polar surface area (TPSA) is 46.5 Å². The molecule has 0 aromatic heterocycles. The van der Waals surface area contributed by atoms with E-state index in [1.54, 1.807) is 0 Å². The zero-order chi connectivity index (χ0) is 15.9. The molecule has 0 fully saturated rings. The largest absolute Gasteiger partial charge is 0.359 e. The van der Waals surface area contributed by atoms with Gasteiger partial charge in [0.2, 0.25) is 0 Å². The molecule has 1 aromatic carbocycles. The lowest BCUT2D eigenvalue weighted by atomic mass is 9.79. The van der Waals surface area contributed by atoms with Gasteiger partial charge in [-0.3, -0.25) is 4.57 Å². The number of rotatable bonds is 2. The maximum absolute atomic E-state index is 12.5. The summed E-state index contributed by atoms with van der Waals surface area (Å²) in [7, 11) is -2.57. The molecule has 0 bridgehead atoms. The van der Waals surface area contributed by atoms with Crippen molar-refractivity contribution in [2.75, 3.05) is 7.11 Å². The van der Waals surface area contributed by atoms with E-state index in [1.807, 2.05) is 53.7 Å². The van der Waals surface area contributed by atoms with Crippen molar-refractivity contribution in [1.82, 2.24) is 0 Å². The molecule has 113 valence electrons. The zero-order valence-electron chi connectivity index (χ0n) is 13.6. The lowest BCUT2D eigenvalue weighted by Gasteiger charge is -2.31. The van der Waals surface area contributed by atoms with Gasteiger partial charge in [0.15, 0.2) is 0 Å². The Kier molecular flexibility index (Phi) is 4.61. The fraction of sp³-hybridized carbons (Fsp3) is 0.562. The van der Waals surface area contributed by atoms with Crippen LogP contribution >= 0.6 is 7.60 Å². The molecular formula is C16H26O3P. The number of hydrogen-bond donors (Lipinski definition) is 1. The molecule has 0 spiro atoms. The van der Waals surface area contributed by atoms with Gasteiger partial charge >= 0.3 is 7.60 Å². The molecule has 0 aliphatic carbocycles. The molecule has 1 radical (unpaired) electrons. The van der Waals surface area contributed by atoms with Crippen LogP contribution in [0.25, 0.3) is 0 Å². The SMILES string of the molecule is [CH2]c1cc(C(C)(C)C)c(P(=O)(O)OC)c(C(C)(C)C)c1. The van der Waals surface area contributed by atoms with Crippen LogP contribution in [-0.2, 0) is 19.9 Å². The lowest BCUT2D eigenvalue weighted by Crippen LogP contribution is -2.31. The van der Waals surface area contributed by atoms with Crippen LogP contribution < -0.4 is 5.30 Å². The van der Waals surface area contributed by atoms with Crippen molar-refractivity contribution in [3.05, 3.63) is 35.7 Å². The van der Waals surface area contributed by atoms with E-state index in [0.717, 1.165) is 16.7 Å². The summed E-state index contributed by atoms with van der Waals surface area (Å²) < 4.78 is 17.5. The second-order valence-corrected chi connectivity index (χ2v) is 9.10. The van der Waals surface area contributed by atoms with Crippen LogP contribution in [-0.4, -0.2) is 12.0 Å². The second kappa shape index (κ2) is 5.29. The molecule has 0 aliphatic heterocycles. The van der Waals surface area contributed by atoms with Gasteiger partial charge in [-0.25, -0.2) is 0 Å². The minimum absolute atomic E-state index is 0.264. The third kappa shape index (κ3) is 3.52. The number of hydrogen-bond acceptors (Lipinski definition) is 2. The Balaban J connectivity index is 3.88. The first-order chi connectivity index (χ1) is 8.80. The van der Waals surface area contributed by atoms with Gasteiger partial charge in [-0.15, -0.1) is 0 Å². The Labute approximate surface area is 122 Å². The average Bonchev–Trinajstić information content (AvgIpc) is 2.25. The van der Waals surface area contributed by atoms with Crippen molar-refractivity contribution in [2.45, 2.75) is 52.4 Å². The van der Waals surface area contributed by atoms with Crippen molar-refractivity contribution >= 4 is 12.9 Å². The van der Waals surface area contributed by atoms with Gasteiger partial charge in [0, 0.05) is 7.11 Å². The minimum atomic E-state index is -3.84. The predicted molar refractivity (Wildman–Crippen MR) is 84.8 cm³/mol. The van der Waals surface area contributed by atoms with Crippen LogP contribution in [0.15, 0.2) is 12.1 Å². The molecule has 1 rings (SSSR count). The Morgan fingerprint density at radius 2 is 1.40 bits per heavy atom. The van der Waals surface area contributed by atoms with E-state index < -0.39 is 7.60 Å². The molecule has 1 unspecified atom stereocenters. The Hall–Kier alpha value is -0.630. The summed E-state index contributed by atoms with van der Waals surface area (Å²) in [5, 5.41) is 0.424. The van der Waals surface area contributed by atoms with Crippen molar-refractivity contribution in [1.29, 1.82) is 0 Å². The van der Waals surface area contributed by atoms with Crippen LogP contribution in [0.2, 0.25) is 0 Å². The molecule has 0 aliphatic rings. The Morgan fingerprint density at radius 3 is 1.65 bits per heavy atom. The maximum Gasteiger partial charge on any atom is 0.359 e. The van der Waals surface area contributed by atoms with Crippen molar-refractivity contribution in [2.24, 2.45) is 0 Å². The van der Waals surface area contributed by atoms with E-state index in [1.165, 1.54) is 7.11 Å². The van der Waals surface area contributed by atoms with Gasteiger partial charge in [-0.1, -0.05) is 53.7 Å². The molecule has 1 N–H and O–H groups in total. The fourth-order valence-electron chi connectivity index (χ4n) is 2.23. The van der Waals surface area contributed by atoms with Gasteiger partial charge in [0.25, 0.3) is 0 Å². The molecule has 0 saturated carbocycles. The maximum atomic E-state index is 12.5. The molecule has 20 heavy (non-hydrogen) atoms. The quantitative estimate of drug-likeness (QED) is 0.842. The third-order valence-corrected chi connectivity index (χ3v) is 4.86.